The summed E-state index contributed by atoms with van der Waals surface area (Å²) in [7, 11) is -3.35. The van der Waals surface area contributed by atoms with E-state index in [1.165, 1.54) is 18.8 Å². The van der Waals surface area contributed by atoms with E-state index in [4.69, 9.17) is 16.2 Å². The summed E-state index contributed by atoms with van der Waals surface area (Å²) < 4.78 is 17.7. The highest BCUT2D eigenvalue weighted by Gasteiger charge is 2.22. The van der Waals surface area contributed by atoms with Crippen molar-refractivity contribution in [1.82, 2.24) is 4.90 Å². The lowest BCUT2D eigenvalue weighted by atomic mass is 10.0. The van der Waals surface area contributed by atoms with Crippen LogP contribution in [0.4, 0.5) is 11.4 Å². The minimum absolute atomic E-state index is 0.158. The summed E-state index contributed by atoms with van der Waals surface area (Å²) >= 11 is 0. The van der Waals surface area contributed by atoms with Gasteiger partial charge in [0.2, 0.25) is 7.37 Å². The van der Waals surface area contributed by atoms with Crippen molar-refractivity contribution < 1.29 is 19.0 Å². The first-order valence-corrected chi connectivity index (χ1v) is 11.9. The summed E-state index contributed by atoms with van der Waals surface area (Å²) in [4.78, 5) is 24.5. The van der Waals surface area contributed by atoms with Gasteiger partial charge in [-0.3, -0.25) is 9.36 Å². The van der Waals surface area contributed by atoms with Crippen LogP contribution >= 0.6 is 7.37 Å². The predicted molar refractivity (Wildman–Crippen MR) is 123 cm³/mol. The fraction of sp³-hybridized carbons (Fsp3) is 0.174. The Labute approximate surface area is 180 Å². The van der Waals surface area contributed by atoms with E-state index < -0.39 is 7.37 Å². The van der Waals surface area contributed by atoms with E-state index in [0.717, 1.165) is 22.4 Å². The second-order valence-corrected chi connectivity index (χ2v) is 9.94. The quantitative estimate of drug-likeness (QED) is 0.428. The Morgan fingerprint density at radius 1 is 1.00 bits per heavy atom. The minimum atomic E-state index is -3.35. The van der Waals surface area contributed by atoms with E-state index in [0.29, 0.717) is 41.9 Å². The molecule has 3 aromatic rings. The average Bonchev–Trinajstić information content (AvgIpc) is 2.96. The van der Waals surface area contributed by atoms with Gasteiger partial charge in [0.1, 0.15) is 12.4 Å². The Hall–Kier alpha value is -3.28. The fourth-order valence-corrected chi connectivity index (χ4v) is 4.27. The predicted octanol–water partition coefficient (Wildman–Crippen LogP) is 3.08. The van der Waals surface area contributed by atoms with Crippen LogP contribution in [0.1, 0.15) is 15.9 Å². The van der Waals surface area contributed by atoms with Gasteiger partial charge in [-0.25, -0.2) is 0 Å². The van der Waals surface area contributed by atoms with E-state index in [-0.39, 0.29) is 5.91 Å². The van der Waals surface area contributed by atoms with Crippen LogP contribution < -0.4 is 21.5 Å². The molecule has 4 rings (SSSR count). The van der Waals surface area contributed by atoms with Crippen molar-refractivity contribution in [2.45, 2.75) is 6.54 Å². The SMILES string of the molecule is CP(=O)(O)c1ccc(C(=O)N2CCOc3ccc(-c4ccc(N)c(N)c4)cc3C2)cc1. The largest absolute Gasteiger partial charge is 0.491 e. The molecule has 8 heteroatoms. The van der Waals surface area contributed by atoms with Gasteiger partial charge < -0.3 is 26.0 Å². The molecule has 0 bridgehead atoms. The number of carbonyl (C=O) groups is 1. The summed E-state index contributed by atoms with van der Waals surface area (Å²) in [5.41, 5.74) is 16.1. The Morgan fingerprint density at radius 3 is 2.35 bits per heavy atom. The molecular weight excluding hydrogens is 413 g/mol. The van der Waals surface area contributed by atoms with Crippen LogP contribution in [0, 0.1) is 0 Å². The van der Waals surface area contributed by atoms with Crippen LogP contribution in [0.3, 0.4) is 0 Å². The van der Waals surface area contributed by atoms with Crippen LogP contribution in [0.5, 0.6) is 5.75 Å². The number of hydrogen-bond donors (Lipinski definition) is 3. The van der Waals surface area contributed by atoms with Gasteiger partial charge in [-0.2, -0.15) is 0 Å². The van der Waals surface area contributed by atoms with Gasteiger partial charge in [-0.05, 0) is 59.7 Å². The van der Waals surface area contributed by atoms with Crippen LogP contribution in [0.25, 0.3) is 11.1 Å². The molecule has 1 aliphatic rings. The molecule has 0 aliphatic carbocycles. The van der Waals surface area contributed by atoms with Gasteiger partial charge in [0.25, 0.3) is 5.91 Å². The molecule has 5 N–H and O–H groups in total. The van der Waals surface area contributed by atoms with E-state index >= 15 is 0 Å². The summed E-state index contributed by atoms with van der Waals surface area (Å²) in [5, 5.41) is 0.320. The van der Waals surface area contributed by atoms with Crippen molar-refractivity contribution in [2.24, 2.45) is 0 Å². The molecule has 1 amide bonds. The number of amides is 1. The highest BCUT2D eigenvalue weighted by Crippen LogP contribution is 2.34. The summed E-state index contributed by atoms with van der Waals surface area (Å²) in [6.45, 7) is 2.48. The summed E-state index contributed by atoms with van der Waals surface area (Å²) in [5.74, 6) is 0.582. The molecule has 160 valence electrons. The number of anilines is 2. The highest BCUT2D eigenvalue weighted by atomic mass is 31.2. The number of nitrogens with two attached hydrogens (primary N) is 2. The van der Waals surface area contributed by atoms with Gasteiger partial charge in [-0.1, -0.05) is 12.1 Å². The molecule has 1 unspecified atom stereocenters. The van der Waals surface area contributed by atoms with Crippen molar-refractivity contribution in [1.29, 1.82) is 0 Å². The number of nitrogens with zero attached hydrogens (tertiary/aromatic N) is 1. The van der Waals surface area contributed by atoms with Gasteiger partial charge in [-0.15, -0.1) is 0 Å². The molecule has 0 fully saturated rings. The smallest absolute Gasteiger partial charge is 0.254 e. The molecule has 1 aliphatic heterocycles. The van der Waals surface area contributed by atoms with Crippen molar-refractivity contribution >= 4 is 30.0 Å². The first kappa shape index (κ1) is 21.0. The molecule has 0 saturated carbocycles. The Balaban J connectivity index is 1.60. The number of nitrogen functional groups attached to an aromatic ring is 2. The van der Waals surface area contributed by atoms with Gasteiger partial charge in [0.15, 0.2) is 0 Å². The number of benzene rings is 3. The lowest BCUT2D eigenvalue weighted by Crippen LogP contribution is -2.32. The third-order valence-electron chi connectivity index (χ3n) is 5.34. The van der Waals surface area contributed by atoms with Crippen LogP contribution in [-0.4, -0.2) is 35.5 Å². The molecule has 7 nitrogen and oxygen atoms in total. The second kappa shape index (κ2) is 8.10. The Morgan fingerprint density at radius 2 is 1.68 bits per heavy atom. The monoisotopic (exact) mass is 437 g/mol. The lowest BCUT2D eigenvalue weighted by Gasteiger charge is -2.20. The summed E-state index contributed by atoms with van der Waals surface area (Å²) in [6, 6.07) is 17.6. The van der Waals surface area contributed by atoms with E-state index in [9.17, 15) is 14.3 Å². The van der Waals surface area contributed by atoms with Crippen molar-refractivity contribution in [3.8, 4) is 16.9 Å². The molecule has 1 atom stereocenters. The zero-order chi connectivity index (χ0) is 22.2. The van der Waals surface area contributed by atoms with Crippen LogP contribution in [0.15, 0.2) is 60.7 Å². The Kier molecular flexibility index (Phi) is 5.48. The number of fused-ring (bicyclic) bond motifs is 1. The van der Waals surface area contributed by atoms with Gasteiger partial charge in [0, 0.05) is 29.6 Å². The van der Waals surface area contributed by atoms with Gasteiger partial charge >= 0.3 is 0 Å². The molecule has 3 aromatic carbocycles. The summed E-state index contributed by atoms with van der Waals surface area (Å²) in [6.07, 6.45) is 0. The molecule has 0 radical (unpaired) electrons. The van der Waals surface area contributed by atoms with E-state index in [2.05, 4.69) is 0 Å². The van der Waals surface area contributed by atoms with E-state index in [1.54, 1.807) is 23.1 Å². The molecule has 0 spiro atoms. The second-order valence-electron chi connectivity index (χ2n) is 7.67. The maximum absolute atomic E-state index is 13.1. The molecule has 1 heterocycles. The topological polar surface area (TPSA) is 119 Å². The maximum atomic E-state index is 13.1. The third kappa shape index (κ3) is 4.43. The zero-order valence-electron chi connectivity index (χ0n) is 17.1. The van der Waals surface area contributed by atoms with Crippen molar-refractivity contribution in [3.63, 3.8) is 0 Å². The normalized spacial score (nSPS) is 15.4. The first-order chi connectivity index (χ1) is 14.7. The number of hydrogen-bond acceptors (Lipinski definition) is 5. The molecule has 0 aromatic heterocycles. The zero-order valence-corrected chi connectivity index (χ0v) is 18.0. The standard InChI is InChI=1S/C23H24N3O4P/c1-31(28,29)19-6-2-15(3-7-19)23(27)26-10-11-30-22-9-5-16(12-18(22)14-26)17-4-8-20(24)21(25)13-17/h2-9,12-13H,10-11,14,24-25H2,1H3,(H,28,29). The fourth-order valence-electron chi connectivity index (χ4n) is 3.56. The average molecular weight is 437 g/mol. The maximum Gasteiger partial charge on any atom is 0.254 e. The highest BCUT2D eigenvalue weighted by molar-refractivity contribution is 7.65. The molecular formula is C23H24N3O4P. The van der Waals surface area contributed by atoms with Crippen molar-refractivity contribution in [3.05, 3.63) is 71.8 Å². The first-order valence-electron chi connectivity index (χ1n) is 9.83. The minimum Gasteiger partial charge on any atom is -0.491 e. The molecule has 0 saturated heterocycles. The Bertz CT molecular complexity index is 1190. The molecule has 31 heavy (non-hydrogen) atoms. The number of ether oxygens (including phenoxy) is 1. The van der Waals surface area contributed by atoms with Crippen LogP contribution in [0.2, 0.25) is 0 Å². The third-order valence-corrected chi connectivity index (χ3v) is 6.60. The lowest BCUT2D eigenvalue weighted by molar-refractivity contribution is 0.0733. The number of carbonyl (C=O) groups excluding carboxylic acids is 1. The van der Waals surface area contributed by atoms with E-state index in [1.807, 2.05) is 30.3 Å². The van der Waals surface area contributed by atoms with Crippen LogP contribution in [-0.2, 0) is 11.1 Å². The number of rotatable bonds is 3. The van der Waals surface area contributed by atoms with Gasteiger partial charge in [0.05, 0.1) is 17.9 Å². The van der Waals surface area contributed by atoms with Crippen molar-refractivity contribution in [2.75, 3.05) is 31.3 Å².